The molecule has 1 fully saturated rings. The van der Waals surface area contributed by atoms with Gasteiger partial charge in [0.25, 0.3) is 0 Å². The summed E-state index contributed by atoms with van der Waals surface area (Å²) >= 11 is 0. The first kappa shape index (κ1) is 11.5. The van der Waals surface area contributed by atoms with Crippen molar-refractivity contribution in [3.8, 4) is 0 Å². The van der Waals surface area contributed by atoms with E-state index in [9.17, 15) is 4.79 Å². The average molecular weight is 199 g/mol. The highest BCUT2D eigenvalue weighted by Gasteiger charge is 2.31. The minimum atomic E-state index is -0.260. The first-order valence-electron chi connectivity index (χ1n) is 5.30. The molecule has 0 aromatic rings. The zero-order chi connectivity index (χ0) is 10.7. The topological polar surface area (TPSA) is 72.3 Å². The van der Waals surface area contributed by atoms with Crippen LogP contribution in [0.2, 0.25) is 0 Å². The quantitative estimate of drug-likeness (QED) is 0.667. The van der Waals surface area contributed by atoms with Gasteiger partial charge in [0, 0.05) is 18.6 Å². The van der Waals surface area contributed by atoms with Crippen LogP contribution < -0.4 is 11.5 Å². The highest BCUT2D eigenvalue weighted by molar-refractivity contribution is 5.76. The van der Waals surface area contributed by atoms with Crippen LogP contribution >= 0.6 is 0 Å². The summed E-state index contributed by atoms with van der Waals surface area (Å²) in [5.74, 6) is 0.363. The van der Waals surface area contributed by atoms with Crippen LogP contribution in [0.3, 0.4) is 0 Å². The number of rotatable bonds is 3. The molecule has 0 bridgehead atoms. The fraction of sp³-hybridized carbons (Fsp3) is 0.900. The Morgan fingerprint density at radius 3 is 2.57 bits per heavy atom. The number of amides is 1. The molecule has 1 saturated heterocycles. The van der Waals surface area contributed by atoms with Crippen LogP contribution in [0.4, 0.5) is 0 Å². The van der Waals surface area contributed by atoms with Crippen molar-refractivity contribution in [3.63, 3.8) is 0 Å². The van der Waals surface area contributed by atoms with Crippen molar-refractivity contribution in [1.29, 1.82) is 0 Å². The van der Waals surface area contributed by atoms with Crippen molar-refractivity contribution in [2.45, 2.75) is 38.8 Å². The van der Waals surface area contributed by atoms with E-state index in [2.05, 4.69) is 18.7 Å². The maximum Gasteiger partial charge on any atom is 0.231 e. The summed E-state index contributed by atoms with van der Waals surface area (Å²) in [5, 5.41) is 0. The van der Waals surface area contributed by atoms with Crippen LogP contribution in [0.25, 0.3) is 0 Å². The van der Waals surface area contributed by atoms with E-state index in [0.717, 1.165) is 6.42 Å². The van der Waals surface area contributed by atoms with Crippen molar-refractivity contribution in [2.24, 2.45) is 17.4 Å². The van der Waals surface area contributed by atoms with Crippen LogP contribution in [0.5, 0.6) is 0 Å². The molecule has 0 aliphatic carbocycles. The molecule has 82 valence electrons. The van der Waals surface area contributed by atoms with Gasteiger partial charge in [-0.2, -0.15) is 0 Å². The summed E-state index contributed by atoms with van der Waals surface area (Å²) in [6, 6.07) is 0.735. The molecular formula is C10H21N3O. The molecule has 0 aromatic heterocycles. The summed E-state index contributed by atoms with van der Waals surface area (Å²) in [5.41, 5.74) is 10.9. The summed E-state index contributed by atoms with van der Waals surface area (Å²) in [6.45, 7) is 5.32. The molecule has 3 unspecified atom stereocenters. The van der Waals surface area contributed by atoms with Gasteiger partial charge in [0.05, 0.1) is 6.54 Å². The predicted octanol–water partition coefficient (Wildman–Crippen LogP) is -0.0806. The summed E-state index contributed by atoms with van der Waals surface area (Å²) in [7, 11) is 0. The molecule has 0 aromatic carbocycles. The third-order valence-electron chi connectivity index (χ3n) is 3.38. The molecule has 14 heavy (non-hydrogen) atoms. The number of carbonyl (C=O) groups is 1. The number of nitrogens with two attached hydrogens (primary N) is 2. The van der Waals surface area contributed by atoms with E-state index < -0.39 is 0 Å². The van der Waals surface area contributed by atoms with Crippen LogP contribution in [0.1, 0.15) is 26.7 Å². The molecule has 4 N–H and O–H groups in total. The van der Waals surface area contributed by atoms with E-state index >= 15 is 0 Å². The number of likely N-dealkylation sites (tertiary alicyclic amines) is 1. The number of carbonyl (C=O) groups excluding carboxylic acids is 1. The molecular weight excluding hydrogens is 178 g/mol. The van der Waals surface area contributed by atoms with Gasteiger partial charge in [-0.25, -0.2) is 0 Å². The van der Waals surface area contributed by atoms with Crippen molar-refractivity contribution in [1.82, 2.24) is 4.90 Å². The van der Waals surface area contributed by atoms with E-state index in [1.165, 1.54) is 6.42 Å². The third-order valence-corrected chi connectivity index (χ3v) is 3.38. The first-order chi connectivity index (χ1) is 6.56. The minimum absolute atomic E-state index is 0.260. The second-order valence-corrected chi connectivity index (χ2v) is 4.32. The largest absolute Gasteiger partial charge is 0.369 e. The molecule has 0 saturated carbocycles. The van der Waals surface area contributed by atoms with Gasteiger partial charge in [0.2, 0.25) is 5.91 Å². The van der Waals surface area contributed by atoms with E-state index in [1.54, 1.807) is 0 Å². The monoisotopic (exact) mass is 199 g/mol. The molecule has 1 aliphatic heterocycles. The van der Waals surface area contributed by atoms with E-state index in [0.29, 0.717) is 31.1 Å². The lowest BCUT2D eigenvalue weighted by molar-refractivity contribution is -0.121. The Balaban J connectivity index is 2.66. The highest BCUT2D eigenvalue weighted by atomic mass is 16.1. The first-order valence-corrected chi connectivity index (χ1v) is 5.30. The van der Waals surface area contributed by atoms with Crippen molar-refractivity contribution < 1.29 is 4.79 Å². The summed E-state index contributed by atoms with van der Waals surface area (Å²) in [6.07, 6.45) is 2.27. The number of hydrogen-bond acceptors (Lipinski definition) is 3. The molecule has 1 aliphatic rings. The van der Waals surface area contributed by atoms with Gasteiger partial charge in [0.15, 0.2) is 0 Å². The Morgan fingerprint density at radius 2 is 2.07 bits per heavy atom. The highest BCUT2D eigenvalue weighted by Crippen LogP contribution is 2.26. The zero-order valence-electron chi connectivity index (χ0n) is 9.07. The lowest BCUT2D eigenvalue weighted by atomic mass is 9.87. The third kappa shape index (κ3) is 2.45. The molecule has 1 amide bonds. The van der Waals surface area contributed by atoms with Gasteiger partial charge in [-0.15, -0.1) is 0 Å². The summed E-state index contributed by atoms with van der Waals surface area (Å²) < 4.78 is 0. The van der Waals surface area contributed by atoms with Gasteiger partial charge in [-0.05, 0) is 25.7 Å². The molecule has 3 atom stereocenters. The van der Waals surface area contributed by atoms with Crippen molar-refractivity contribution in [3.05, 3.63) is 0 Å². The fourth-order valence-corrected chi connectivity index (χ4v) is 2.23. The Labute approximate surface area is 85.6 Å². The molecule has 0 radical (unpaired) electrons. The van der Waals surface area contributed by atoms with Crippen LogP contribution in [-0.2, 0) is 4.79 Å². The van der Waals surface area contributed by atoms with Gasteiger partial charge in [-0.3, -0.25) is 9.69 Å². The maximum absolute atomic E-state index is 10.9. The predicted molar refractivity (Wildman–Crippen MR) is 56.6 cm³/mol. The van der Waals surface area contributed by atoms with Gasteiger partial charge >= 0.3 is 0 Å². The standard InChI is InChI=1S/C10H21N3O/c1-7-3-4-9(5-11)13(8(7)2)6-10(12)14/h7-9H,3-6,11H2,1-2H3,(H2,12,14). The minimum Gasteiger partial charge on any atom is -0.369 e. The van der Waals surface area contributed by atoms with Gasteiger partial charge < -0.3 is 11.5 Å². The molecule has 1 heterocycles. The molecule has 4 nitrogen and oxygen atoms in total. The second kappa shape index (κ2) is 4.75. The fourth-order valence-electron chi connectivity index (χ4n) is 2.23. The van der Waals surface area contributed by atoms with Crippen LogP contribution in [0.15, 0.2) is 0 Å². The molecule has 1 rings (SSSR count). The van der Waals surface area contributed by atoms with E-state index in [1.807, 2.05) is 0 Å². The average Bonchev–Trinajstić information content (AvgIpc) is 2.13. The van der Waals surface area contributed by atoms with E-state index in [-0.39, 0.29) is 5.91 Å². The van der Waals surface area contributed by atoms with Crippen molar-refractivity contribution >= 4 is 5.91 Å². The van der Waals surface area contributed by atoms with Crippen LogP contribution in [-0.4, -0.2) is 36.0 Å². The Morgan fingerprint density at radius 1 is 1.43 bits per heavy atom. The Bertz CT molecular complexity index is 206. The van der Waals surface area contributed by atoms with E-state index in [4.69, 9.17) is 11.5 Å². The Kier molecular flexibility index (Phi) is 3.89. The van der Waals surface area contributed by atoms with Crippen molar-refractivity contribution in [2.75, 3.05) is 13.1 Å². The normalized spacial score (nSPS) is 34.4. The van der Waals surface area contributed by atoms with Gasteiger partial charge in [-0.1, -0.05) is 6.92 Å². The second-order valence-electron chi connectivity index (χ2n) is 4.32. The number of primary amides is 1. The van der Waals surface area contributed by atoms with Crippen LogP contribution in [0, 0.1) is 5.92 Å². The zero-order valence-corrected chi connectivity index (χ0v) is 9.07. The Hall–Kier alpha value is -0.610. The smallest absolute Gasteiger partial charge is 0.231 e. The number of hydrogen-bond donors (Lipinski definition) is 2. The SMILES string of the molecule is CC1CCC(CN)N(CC(N)=O)C1C. The lowest BCUT2D eigenvalue weighted by Gasteiger charge is -2.43. The lowest BCUT2D eigenvalue weighted by Crippen LogP contribution is -2.54. The number of piperidine rings is 1. The molecule has 4 heteroatoms. The summed E-state index contributed by atoms with van der Waals surface area (Å²) in [4.78, 5) is 13.1. The maximum atomic E-state index is 10.9. The molecule has 0 spiro atoms. The number of nitrogens with zero attached hydrogens (tertiary/aromatic N) is 1. The van der Waals surface area contributed by atoms with Gasteiger partial charge in [0.1, 0.15) is 0 Å².